The van der Waals surface area contributed by atoms with Gasteiger partial charge in [0.25, 0.3) is 0 Å². The Morgan fingerprint density at radius 2 is 2.11 bits per heavy atom. The van der Waals surface area contributed by atoms with Gasteiger partial charge in [-0.3, -0.25) is 0 Å². The van der Waals surface area contributed by atoms with Gasteiger partial charge < -0.3 is 10.1 Å². The largest absolute Gasteiger partial charge is 0.495 e. The van der Waals surface area contributed by atoms with Crippen molar-refractivity contribution in [2.75, 3.05) is 12.4 Å². The molecular weight excluding hydrogens is 380 g/mol. The van der Waals surface area contributed by atoms with Gasteiger partial charge >= 0.3 is 0 Å². The number of halogens is 2. The molecule has 2 aromatic rings. The summed E-state index contributed by atoms with van der Waals surface area (Å²) in [7, 11) is 1.65. The average molecular weight is 392 g/mol. The van der Waals surface area contributed by atoms with Gasteiger partial charge in [0.1, 0.15) is 5.75 Å². The summed E-state index contributed by atoms with van der Waals surface area (Å²) >= 11 is 8.59. The number of nitrogens with one attached hydrogen (secondary N) is 1. The van der Waals surface area contributed by atoms with Crippen molar-refractivity contribution in [3.05, 3.63) is 37.7 Å². The SMILES string of the molecule is COc1cc(NC(C)c2cscn2)c(Br)cc1Br. The molecule has 0 fully saturated rings. The molecule has 6 heteroatoms. The van der Waals surface area contributed by atoms with Crippen molar-refractivity contribution in [1.82, 2.24) is 4.98 Å². The molecule has 0 bridgehead atoms. The zero-order chi connectivity index (χ0) is 13.1. The van der Waals surface area contributed by atoms with E-state index in [2.05, 4.69) is 49.1 Å². The van der Waals surface area contributed by atoms with Crippen LogP contribution in [-0.2, 0) is 0 Å². The Labute approximate surface area is 127 Å². The Balaban J connectivity index is 2.23. The van der Waals surface area contributed by atoms with Gasteiger partial charge in [-0.25, -0.2) is 4.98 Å². The van der Waals surface area contributed by atoms with Crippen molar-refractivity contribution in [1.29, 1.82) is 0 Å². The van der Waals surface area contributed by atoms with Gasteiger partial charge in [0.05, 0.1) is 34.5 Å². The van der Waals surface area contributed by atoms with Crippen LogP contribution in [0.2, 0.25) is 0 Å². The van der Waals surface area contributed by atoms with Crippen LogP contribution < -0.4 is 10.1 Å². The van der Waals surface area contributed by atoms with Crippen LogP contribution >= 0.6 is 43.2 Å². The van der Waals surface area contributed by atoms with E-state index < -0.39 is 0 Å². The maximum absolute atomic E-state index is 5.29. The minimum atomic E-state index is 0.151. The first kappa shape index (κ1) is 13.8. The molecule has 0 spiro atoms. The number of hydrogen-bond donors (Lipinski definition) is 1. The summed E-state index contributed by atoms with van der Waals surface area (Å²) in [6.45, 7) is 2.08. The topological polar surface area (TPSA) is 34.1 Å². The van der Waals surface area contributed by atoms with Crippen LogP contribution in [0.3, 0.4) is 0 Å². The summed E-state index contributed by atoms with van der Waals surface area (Å²) in [5, 5.41) is 5.45. The summed E-state index contributed by atoms with van der Waals surface area (Å²) < 4.78 is 7.20. The van der Waals surface area contributed by atoms with E-state index in [9.17, 15) is 0 Å². The van der Waals surface area contributed by atoms with Crippen molar-refractivity contribution in [3.8, 4) is 5.75 Å². The highest BCUT2D eigenvalue weighted by atomic mass is 79.9. The number of methoxy groups -OCH3 is 1. The average Bonchev–Trinajstić information content (AvgIpc) is 2.86. The highest BCUT2D eigenvalue weighted by Crippen LogP contribution is 2.36. The third-order valence-corrected chi connectivity index (χ3v) is 4.39. The number of nitrogens with zero attached hydrogens (tertiary/aromatic N) is 1. The van der Waals surface area contributed by atoms with Crippen LogP contribution in [-0.4, -0.2) is 12.1 Å². The van der Waals surface area contributed by atoms with E-state index in [-0.39, 0.29) is 6.04 Å². The van der Waals surface area contributed by atoms with E-state index in [1.54, 1.807) is 18.4 Å². The van der Waals surface area contributed by atoms with Crippen LogP contribution in [0.5, 0.6) is 5.75 Å². The van der Waals surface area contributed by atoms with E-state index >= 15 is 0 Å². The summed E-state index contributed by atoms with van der Waals surface area (Å²) in [5.41, 5.74) is 3.86. The molecule has 3 nitrogen and oxygen atoms in total. The monoisotopic (exact) mass is 390 g/mol. The zero-order valence-corrected chi connectivity index (χ0v) is 13.9. The Hall–Kier alpha value is -0.590. The smallest absolute Gasteiger partial charge is 0.135 e. The minimum Gasteiger partial charge on any atom is -0.495 e. The lowest BCUT2D eigenvalue weighted by Crippen LogP contribution is -2.07. The van der Waals surface area contributed by atoms with Crippen molar-refractivity contribution in [2.45, 2.75) is 13.0 Å². The van der Waals surface area contributed by atoms with E-state index in [1.165, 1.54) is 0 Å². The molecule has 1 atom stereocenters. The van der Waals surface area contributed by atoms with Crippen molar-refractivity contribution < 1.29 is 4.74 Å². The van der Waals surface area contributed by atoms with E-state index in [0.717, 1.165) is 26.1 Å². The highest BCUT2D eigenvalue weighted by molar-refractivity contribution is 9.11. The van der Waals surface area contributed by atoms with Crippen LogP contribution in [0.1, 0.15) is 18.7 Å². The number of aromatic nitrogens is 1. The van der Waals surface area contributed by atoms with Crippen LogP contribution in [0, 0.1) is 0 Å². The predicted molar refractivity (Wildman–Crippen MR) is 82.5 cm³/mol. The molecule has 1 unspecified atom stereocenters. The lowest BCUT2D eigenvalue weighted by atomic mass is 10.2. The standard InChI is InChI=1S/C12H12Br2N2OS/c1-7(11-5-18-6-15-11)16-10-4-12(17-2)9(14)3-8(10)13/h3-7,16H,1-2H3. The first-order chi connectivity index (χ1) is 8.61. The summed E-state index contributed by atoms with van der Waals surface area (Å²) in [6, 6.07) is 4.07. The third-order valence-electron chi connectivity index (χ3n) is 2.51. The van der Waals surface area contributed by atoms with Gasteiger partial charge in [-0.15, -0.1) is 11.3 Å². The molecule has 1 aromatic carbocycles. The number of rotatable bonds is 4. The van der Waals surface area contributed by atoms with Gasteiger partial charge in [-0.1, -0.05) is 0 Å². The first-order valence-electron chi connectivity index (χ1n) is 5.29. The van der Waals surface area contributed by atoms with E-state index in [4.69, 9.17) is 4.74 Å². The Bertz CT molecular complexity index is 531. The molecule has 18 heavy (non-hydrogen) atoms. The lowest BCUT2D eigenvalue weighted by molar-refractivity contribution is 0.412. The van der Waals surface area contributed by atoms with E-state index in [1.807, 2.05) is 23.0 Å². The maximum atomic E-state index is 5.29. The minimum absolute atomic E-state index is 0.151. The quantitative estimate of drug-likeness (QED) is 0.808. The van der Waals surface area contributed by atoms with Gasteiger partial charge in [-0.2, -0.15) is 0 Å². The molecule has 0 aliphatic carbocycles. The number of ether oxygens (including phenoxy) is 1. The van der Waals surface area contributed by atoms with Crippen molar-refractivity contribution in [2.24, 2.45) is 0 Å². The third kappa shape index (κ3) is 3.05. The van der Waals surface area contributed by atoms with E-state index in [0.29, 0.717) is 0 Å². The summed E-state index contributed by atoms with van der Waals surface area (Å²) in [6.07, 6.45) is 0. The summed E-state index contributed by atoms with van der Waals surface area (Å²) in [5.74, 6) is 0.797. The molecule has 0 amide bonds. The summed E-state index contributed by atoms with van der Waals surface area (Å²) in [4.78, 5) is 4.30. The highest BCUT2D eigenvalue weighted by Gasteiger charge is 2.12. The molecular formula is C12H12Br2N2OS. The van der Waals surface area contributed by atoms with Crippen LogP contribution in [0.4, 0.5) is 5.69 Å². The molecule has 0 radical (unpaired) electrons. The second kappa shape index (κ2) is 6.04. The zero-order valence-electron chi connectivity index (χ0n) is 9.91. The molecule has 0 aliphatic rings. The second-order valence-electron chi connectivity index (χ2n) is 3.75. The fraction of sp³-hybridized carbons (Fsp3) is 0.250. The van der Waals surface area contributed by atoms with Crippen molar-refractivity contribution in [3.63, 3.8) is 0 Å². The first-order valence-corrected chi connectivity index (χ1v) is 7.82. The Kier molecular flexibility index (Phi) is 4.64. The molecule has 1 N–H and O–H groups in total. The fourth-order valence-electron chi connectivity index (χ4n) is 1.54. The molecule has 1 heterocycles. The van der Waals surface area contributed by atoms with Crippen molar-refractivity contribution >= 4 is 48.9 Å². The normalized spacial score (nSPS) is 12.2. The van der Waals surface area contributed by atoms with Gasteiger partial charge in [-0.05, 0) is 44.8 Å². The number of hydrogen-bond acceptors (Lipinski definition) is 4. The molecule has 0 saturated carbocycles. The predicted octanol–water partition coefficient (Wildman–Crippen LogP) is 4.85. The number of benzene rings is 1. The second-order valence-corrected chi connectivity index (χ2v) is 6.17. The van der Waals surface area contributed by atoms with Crippen LogP contribution in [0.15, 0.2) is 32.0 Å². The van der Waals surface area contributed by atoms with Gasteiger partial charge in [0, 0.05) is 15.9 Å². The fourth-order valence-corrected chi connectivity index (χ4v) is 3.46. The molecule has 0 saturated heterocycles. The molecule has 1 aromatic heterocycles. The Morgan fingerprint density at radius 1 is 1.33 bits per heavy atom. The van der Waals surface area contributed by atoms with Gasteiger partial charge in [0.2, 0.25) is 0 Å². The maximum Gasteiger partial charge on any atom is 0.135 e. The molecule has 0 aliphatic heterocycles. The number of thiazole rings is 1. The lowest BCUT2D eigenvalue weighted by Gasteiger charge is -2.16. The number of anilines is 1. The molecule has 2 rings (SSSR count). The van der Waals surface area contributed by atoms with Gasteiger partial charge in [0.15, 0.2) is 0 Å². The van der Waals surface area contributed by atoms with Crippen LogP contribution in [0.25, 0.3) is 0 Å². The Morgan fingerprint density at radius 3 is 2.72 bits per heavy atom. The molecule has 96 valence electrons.